The molecule has 0 spiro atoms. The Morgan fingerprint density at radius 3 is 2.17 bits per heavy atom. The molecule has 0 aliphatic heterocycles. The quantitative estimate of drug-likeness (QED) is 0.479. The lowest BCUT2D eigenvalue weighted by molar-refractivity contribution is 0.104. The number of aryl methyl sites for hydroxylation is 1. The number of benzene rings is 2. The molecule has 2 aromatic rings. The van der Waals surface area contributed by atoms with Crippen LogP contribution in [-0.4, -0.2) is 12.4 Å². The van der Waals surface area contributed by atoms with Gasteiger partial charge in [-0.3, -0.25) is 4.79 Å². The van der Waals surface area contributed by atoms with E-state index in [1.165, 1.54) is 11.1 Å². The van der Waals surface area contributed by atoms with E-state index in [0.717, 1.165) is 41.5 Å². The highest BCUT2D eigenvalue weighted by atomic mass is 31.0. The second kappa shape index (κ2) is 6.95. The van der Waals surface area contributed by atoms with Crippen LogP contribution in [0.2, 0.25) is 0 Å². The molecule has 2 nitrogen and oxygen atoms in total. The average Bonchev–Trinajstić information content (AvgIpc) is 2.80. The highest BCUT2D eigenvalue weighted by Gasteiger charge is 2.27. The van der Waals surface area contributed by atoms with Gasteiger partial charge in [0.25, 0.3) is 0 Å². The Labute approximate surface area is 140 Å². The molecule has 2 aromatic carbocycles. The van der Waals surface area contributed by atoms with Crippen LogP contribution in [0.3, 0.4) is 0 Å². The summed E-state index contributed by atoms with van der Waals surface area (Å²) in [5.41, 5.74) is 6.33. The monoisotopic (exact) mass is 326 g/mol. The molecular weight excluding hydrogens is 303 g/mol. The van der Waals surface area contributed by atoms with Crippen LogP contribution in [0.15, 0.2) is 36.4 Å². The van der Waals surface area contributed by atoms with Gasteiger partial charge in [-0.15, -0.1) is 0 Å². The maximum atomic E-state index is 12.8. The molecule has 0 bridgehead atoms. The van der Waals surface area contributed by atoms with Gasteiger partial charge in [0.1, 0.15) is 0 Å². The zero-order valence-electron chi connectivity index (χ0n) is 13.8. The summed E-state index contributed by atoms with van der Waals surface area (Å²) in [5, 5.41) is 0. The van der Waals surface area contributed by atoms with Gasteiger partial charge < -0.3 is 4.52 Å². The van der Waals surface area contributed by atoms with Crippen molar-refractivity contribution in [1.82, 2.24) is 0 Å². The molecule has 1 atom stereocenters. The van der Waals surface area contributed by atoms with Crippen molar-refractivity contribution in [3.05, 3.63) is 58.7 Å². The first-order valence-corrected chi connectivity index (χ1v) is 8.70. The Bertz CT molecular complexity index is 734. The second-order valence-electron chi connectivity index (χ2n) is 6.66. The third kappa shape index (κ3) is 3.39. The molecule has 0 saturated heterocycles. The SMILES string of the molecule is CC(C)Cc1ccc2c(c1)C(=O)c1cc(CCCOP)ccc1-2. The van der Waals surface area contributed by atoms with Crippen molar-refractivity contribution in [1.29, 1.82) is 0 Å². The molecular formula is C20H23O2P. The van der Waals surface area contributed by atoms with Crippen molar-refractivity contribution in [3.8, 4) is 11.1 Å². The molecule has 3 heteroatoms. The molecule has 3 rings (SSSR count). The lowest BCUT2D eigenvalue weighted by Crippen LogP contribution is -1.99. The number of carbonyl (C=O) groups excluding carboxylic acids is 1. The molecule has 1 aliphatic carbocycles. The Morgan fingerprint density at radius 2 is 1.57 bits per heavy atom. The van der Waals surface area contributed by atoms with Crippen molar-refractivity contribution in [2.24, 2.45) is 5.92 Å². The van der Waals surface area contributed by atoms with E-state index in [4.69, 9.17) is 4.52 Å². The molecule has 120 valence electrons. The van der Waals surface area contributed by atoms with Gasteiger partial charge in [0.05, 0.1) is 6.61 Å². The van der Waals surface area contributed by atoms with Crippen LogP contribution in [0.4, 0.5) is 0 Å². The summed E-state index contributed by atoms with van der Waals surface area (Å²) < 4.78 is 5.02. The van der Waals surface area contributed by atoms with Crippen LogP contribution in [0.1, 0.15) is 47.3 Å². The summed E-state index contributed by atoms with van der Waals surface area (Å²) in [4.78, 5) is 12.8. The fraction of sp³-hybridized carbons (Fsp3) is 0.350. The Hall–Kier alpha value is -1.50. The molecule has 0 amide bonds. The molecule has 0 saturated carbocycles. The van der Waals surface area contributed by atoms with Gasteiger partial charge in [-0.1, -0.05) is 38.1 Å². The van der Waals surface area contributed by atoms with E-state index >= 15 is 0 Å². The van der Waals surface area contributed by atoms with Gasteiger partial charge in [0.15, 0.2) is 5.78 Å². The first-order valence-electron chi connectivity index (χ1n) is 8.22. The van der Waals surface area contributed by atoms with Crippen LogP contribution in [-0.2, 0) is 17.4 Å². The highest BCUT2D eigenvalue weighted by Crippen LogP contribution is 2.37. The lowest BCUT2D eigenvalue weighted by atomic mass is 9.98. The molecule has 0 N–H and O–H groups in total. The normalized spacial score (nSPS) is 12.6. The van der Waals surface area contributed by atoms with Crippen LogP contribution >= 0.6 is 9.47 Å². The fourth-order valence-corrected chi connectivity index (χ4v) is 3.45. The van der Waals surface area contributed by atoms with Crippen LogP contribution in [0.5, 0.6) is 0 Å². The largest absolute Gasteiger partial charge is 0.366 e. The minimum Gasteiger partial charge on any atom is -0.366 e. The maximum absolute atomic E-state index is 12.8. The van der Waals surface area contributed by atoms with Crippen molar-refractivity contribution in [3.63, 3.8) is 0 Å². The second-order valence-corrected chi connectivity index (χ2v) is 6.99. The van der Waals surface area contributed by atoms with Gasteiger partial charge in [-0.25, -0.2) is 0 Å². The van der Waals surface area contributed by atoms with Gasteiger partial charge in [-0.05, 0) is 59.6 Å². The maximum Gasteiger partial charge on any atom is 0.194 e. The van der Waals surface area contributed by atoms with Crippen molar-refractivity contribution < 1.29 is 9.32 Å². The number of fused-ring (bicyclic) bond motifs is 3. The van der Waals surface area contributed by atoms with Gasteiger partial charge in [0.2, 0.25) is 0 Å². The zero-order valence-corrected chi connectivity index (χ0v) is 14.9. The molecule has 0 radical (unpaired) electrons. The summed E-state index contributed by atoms with van der Waals surface area (Å²) in [7, 11) is 2.28. The van der Waals surface area contributed by atoms with E-state index in [0.29, 0.717) is 12.5 Å². The predicted molar refractivity (Wildman–Crippen MR) is 97.8 cm³/mol. The first kappa shape index (κ1) is 16.4. The smallest absolute Gasteiger partial charge is 0.194 e. The average molecular weight is 326 g/mol. The van der Waals surface area contributed by atoms with Crippen molar-refractivity contribution in [2.45, 2.75) is 33.1 Å². The zero-order chi connectivity index (χ0) is 16.4. The molecule has 23 heavy (non-hydrogen) atoms. The van der Waals surface area contributed by atoms with E-state index in [9.17, 15) is 4.79 Å². The summed E-state index contributed by atoms with van der Waals surface area (Å²) in [6.45, 7) is 5.12. The molecule has 1 unspecified atom stereocenters. The lowest BCUT2D eigenvalue weighted by Gasteiger charge is -2.07. The number of hydrogen-bond acceptors (Lipinski definition) is 2. The van der Waals surface area contributed by atoms with Crippen molar-refractivity contribution >= 4 is 15.2 Å². The summed E-state index contributed by atoms with van der Waals surface area (Å²) in [5.74, 6) is 0.766. The Morgan fingerprint density at radius 1 is 0.957 bits per heavy atom. The van der Waals surface area contributed by atoms with Crippen LogP contribution in [0, 0.1) is 5.92 Å². The summed E-state index contributed by atoms with van der Waals surface area (Å²) in [6.07, 6.45) is 2.91. The highest BCUT2D eigenvalue weighted by molar-refractivity contribution is 7.09. The fourth-order valence-electron chi connectivity index (χ4n) is 3.29. The molecule has 1 aliphatic rings. The van der Waals surface area contributed by atoms with E-state index in [1.807, 2.05) is 0 Å². The summed E-state index contributed by atoms with van der Waals surface area (Å²) >= 11 is 0. The van der Waals surface area contributed by atoms with E-state index in [-0.39, 0.29) is 5.78 Å². The number of ketones is 1. The minimum atomic E-state index is 0.171. The standard InChI is InChI=1S/C20H23O2P/c1-13(2)10-15-6-8-17-16-7-5-14(4-3-9-22-23)11-18(16)20(21)19(17)12-15/h5-8,11-13H,3-4,9-10,23H2,1-2H3. The predicted octanol–water partition coefficient (Wildman–Crippen LogP) is 4.84. The van der Waals surface area contributed by atoms with E-state index in [1.54, 1.807) is 0 Å². The van der Waals surface area contributed by atoms with E-state index in [2.05, 4.69) is 59.7 Å². The van der Waals surface area contributed by atoms with Crippen molar-refractivity contribution in [2.75, 3.05) is 6.61 Å². The topological polar surface area (TPSA) is 26.3 Å². The van der Waals surface area contributed by atoms with Gasteiger partial charge in [0, 0.05) is 20.6 Å². The number of hydrogen-bond donors (Lipinski definition) is 0. The van der Waals surface area contributed by atoms with Gasteiger partial charge in [-0.2, -0.15) is 0 Å². The minimum absolute atomic E-state index is 0.171. The summed E-state index contributed by atoms with van der Waals surface area (Å²) in [6, 6.07) is 12.6. The Balaban J connectivity index is 1.89. The van der Waals surface area contributed by atoms with Gasteiger partial charge >= 0.3 is 0 Å². The molecule has 0 aromatic heterocycles. The third-order valence-electron chi connectivity index (χ3n) is 4.32. The molecule has 0 fully saturated rings. The first-order chi connectivity index (χ1) is 11.1. The number of carbonyl (C=O) groups is 1. The van der Waals surface area contributed by atoms with Crippen LogP contribution < -0.4 is 0 Å². The number of rotatable bonds is 6. The third-order valence-corrected chi connectivity index (χ3v) is 4.55. The van der Waals surface area contributed by atoms with E-state index < -0.39 is 0 Å². The molecule has 0 heterocycles. The van der Waals surface area contributed by atoms with Crippen LogP contribution in [0.25, 0.3) is 11.1 Å². The Kier molecular flexibility index (Phi) is 4.94.